The van der Waals surface area contributed by atoms with Crippen LogP contribution in [0.5, 0.6) is 11.5 Å². The summed E-state index contributed by atoms with van der Waals surface area (Å²) in [5, 5.41) is 0.943. The van der Waals surface area contributed by atoms with Crippen molar-refractivity contribution in [3.8, 4) is 11.5 Å². The summed E-state index contributed by atoms with van der Waals surface area (Å²) >= 11 is 0. The first kappa shape index (κ1) is 13.2. The molecule has 0 aliphatic rings. The average Bonchev–Trinajstić information content (AvgIpc) is 2.47. The lowest BCUT2D eigenvalue weighted by Gasteiger charge is -2.14. The standard InChI is InChI=1S/C17H17N3O/c1-20(2)12-8-9-14-15(10-12)19-17(18)11-16(14)21-13-6-4-3-5-7-13/h3-11H,1-2H3,(H2,18,19). The number of hydrogen-bond acceptors (Lipinski definition) is 4. The second-order valence-electron chi connectivity index (χ2n) is 5.06. The van der Waals surface area contributed by atoms with Crippen LogP contribution in [0.3, 0.4) is 0 Å². The number of hydrogen-bond donors (Lipinski definition) is 1. The number of nitrogen functional groups attached to an aromatic ring is 1. The molecule has 2 aromatic carbocycles. The maximum Gasteiger partial charge on any atom is 0.140 e. The van der Waals surface area contributed by atoms with Crippen molar-refractivity contribution in [1.29, 1.82) is 0 Å². The number of rotatable bonds is 3. The third-order valence-corrected chi connectivity index (χ3v) is 3.26. The highest BCUT2D eigenvalue weighted by Crippen LogP contribution is 2.32. The normalized spacial score (nSPS) is 10.6. The first-order valence-electron chi connectivity index (χ1n) is 6.74. The van der Waals surface area contributed by atoms with E-state index in [1.54, 1.807) is 6.07 Å². The molecule has 0 amide bonds. The predicted octanol–water partition coefficient (Wildman–Crippen LogP) is 3.68. The average molecular weight is 279 g/mol. The molecule has 0 saturated carbocycles. The molecule has 21 heavy (non-hydrogen) atoms. The van der Waals surface area contributed by atoms with Crippen molar-refractivity contribution in [2.75, 3.05) is 24.7 Å². The van der Waals surface area contributed by atoms with Crippen LogP contribution in [0.25, 0.3) is 10.9 Å². The summed E-state index contributed by atoms with van der Waals surface area (Å²) in [6, 6.07) is 17.5. The summed E-state index contributed by atoms with van der Waals surface area (Å²) in [5.74, 6) is 1.94. The Morgan fingerprint density at radius 2 is 1.76 bits per heavy atom. The number of aromatic nitrogens is 1. The van der Waals surface area contributed by atoms with E-state index in [0.29, 0.717) is 11.6 Å². The van der Waals surface area contributed by atoms with E-state index in [1.165, 1.54) is 0 Å². The highest BCUT2D eigenvalue weighted by Gasteiger charge is 2.08. The van der Waals surface area contributed by atoms with Crippen molar-refractivity contribution in [3.05, 3.63) is 54.6 Å². The van der Waals surface area contributed by atoms with Crippen molar-refractivity contribution in [2.45, 2.75) is 0 Å². The minimum absolute atomic E-state index is 0.448. The minimum atomic E-state index is 0.448. The number of nitrogens with two attached hydrogens (primary N) is 1. The highest BCUT2D eigenvalue weighted by molar-refractivity contribution is 5.89. The van der Waals surface area contributed by atoms with Gasteiger partial charge in [-0.2, -0.15) is 0 Å². The molecule has 4 nitrogen and oxygen atoms in total. The van der Waals surface area contributed by atoms with Crippen molar-refractivity contribution in [3.63, 3.8) is 0 Å². The molecule has 0 bridgehead atoms. The van der Waals surface area contributed by atoms with Crippen molar-refractivity contribution in [2.24, 2.45) is 0 Å². The van der Waals surface area contributed by atoms with E-state index in [2.05, 4.69) is 4.98 Å². The van der Waals surface area contributed by atoms with Gasteiger partial charge in [-0.25, -0.2) is 4.98 Å². The van der Waals surface area contributed by atoms with Crippen LogP contribution < -0.4 is 15.4 Å². The molecule has 1 heterocycles. The van der Waals surface area contributed by atoms with Gasteiger partial charge in [0.05, 0.1) is 5.52 Å². The number of benzene rings is 2. The number of anilines is 2. The lowest BCUT2D eigenvalue weighted by atomic mass is 10.1. The Morgan fingerprint density at radius 1 is 1.00 bits per heavy atom. The van der Waals surface area contributed by atoms with E-state index >= 15 is 0 Å². The first-order valence-corrected chi connectivity index (χ1v) is 6.74. The van der Waals surface area contributed by atoms with Crippen molar-refractivity contribution < 1.29 is 4.74 Å². The molecule has 0 fully saturated rings. The summed E-state index contributed by atoms with van der Waals surface area (Å²) in [5.41, 5.74) is 7.80. The van der Waals surface area contributed by atoms with Gasteiger partial charge in [-0.3, -0.25) is 0 Å². The molecular formula is C17H17N3O. The quantitative estimate of drug-likeness (QED) is 0.794. The van der Waals surface area contributed by atoms with Gasteiger partial charge >= 0.3 is 0 Å². The summed E-state index contributed by atoms with van der Waals surface area (Å²) in [6.45, 7) is 0. The molecule has 0 aliphatic carbocycles. The molecule has 3 aromatic rings. The molecule has 3 rings (SSSR count). The van der Waals surface area contributed by atoms with E-state index in [9.17, 15) is 0 Å². The number of fused-ring (bicyclic) bond motifs is 1. The zero-order valence-electron chi connectivity index (χ0n) is 12.1. The molecular weight excluding hydrogens is 262 g/mol. The third-order valence-electron chi connectivity index (χ3n) is 3.26. The number of pyridine rings is 1. The van der Waals surface area contributed by atoms with E-state index < -0.39 is 0 Å². The summed E-state index contributed by atoms with van der Waals surface area (Å²) in [4.78, 5) is 6.42. The molecule has 0 unspecified atom stereocenters. The maximum absolute atomic E-state index is 5.94. The molecule has 0 spiro atoms. The monoisotopic (exact) mass is 279 g/mol. The van der Waals surface area contributed by atoms with Gasteiger partial charge in [-0.05, 0) is 30.3 Å². The highest BCUT2D eigenvalue weighted by atomic mass is 16.5. The largest absolute Gasteiger partial charge is 0.457 e. The van der Waals surface area contributed by atoms with Crippen LogP contribution in [0.15, 0.2) is 54.6 Å². The topological polar surface area (TPSA) is 51.4 Å². The van der Waals surface area contributed by atoms with Crippen molar-refractivity contribution in [1.82, 2.24) is 4.98 Å². The van der Waals surface area contributed by atoms with Gasteiger partial charge in [0, 0.05) is 31.2 Å². The SMILES string of the molecule is CN(C)c1ccc2c(Oc3ccccc3)cc(N)nc2c1. The Hall–Kier alpha value is -2.75. The second-order valence-corrected chi connectivity index (χ2v) is 5.06. The molecule has 1 aromatic heterocycles. The maximum atomic E-state index is 5.94. The van der Waals surface area contributed by atoms with E-state index in [0.717, 1.165) is 22.3 Å². The zero-order chi connectivity index (χ0) is 14.8. The molecule has 106 valence electrons. The fourth-order valence-electron chi connectivity index (χ4n) is 2.18. The van der Waals surface area contributed by atoms with Gasteiger partial charge in [0.2, 0.25) is 0 Å². The Balaban J connectivity index is 2.10. The van der Waals surface area contributed by atoms with E-state index in [1.807, 2.05) is 67.5 Å². The Kier molecular flexibility index (Phi) is 3.36. The molecule has 0 saturated heterocycles. The second kappa shape index (κ2) is 5.32. The van der Waals surface area contributed by atoms with Crippen LogP contribution in [-0.2, 0) is 0 Å². The summed E-state index contributed by atoms with van der Waals surface area (Å²) in [6.07, 6.45) is 0. The van der Waals surface area contributed by atoms with Gasteiger partial charge in [-0.15, -0.1) is 0 Å². The van der Waals surface area contributed by atoms with Crippen LogP contribution in [0.4, 0.5) is 11.5 Å². The molecule has 0 radical (unpaired) electrons. The van der Waals surface area contributed by atoms with Gasteiger partial charge in [0.25, 0.3) is 0 Å². The zero-order valence-corrected chi connectivity index (χ0v) is 12.1. The van der Waals surface area contributed by atoms with Gasteiger partial charge in [0.15, 0.2) is 0 Å². The van der Waals surface area contributed by atoms with E-state index in [-0.39, 0.29) is 0 Å². The van der Waals surface area contributed by atoms with Crippen LogP contribution in [0.2, 0.25) is 0 Å². The molecule has 0 atom stereocenters. The molecule has 2 N–H and O–H groups in total. The first-order chi connectivity index (χ1) is 10.1. The summed E-state index contributed by atoms with van der Waals surface area (Å²) in [7, 11) is 3.99. The number of nitrogens with zero attached hydrogens (tertiary/aromatic N) is 2. The molecule has 4 heteroatoms. The van der Waals surface area contributed by atoms with Crippen LogP contribution in [-0.4, -0.2) is 19.1 Å². The number of para-hydroxylation sites is 1. The van der Waals surface area contributed by atoms with Gasteiger partial charge in [0.1, 0.15) is 17.3 Å². The van der Waals surface area contributed by atoms with Gasteiger partial charge in [-0.1, -0.05) is 18.2 Å². The van der Waals surface area contributed by atoms with Gasteiger partial charge < -0.3 is 15.4 Å². The lowest BCUT2D eigenvalue weighted by molar-refractivity contribution is 0.488. The Bertz CT molecular complexity index is 770. The van der Waals surface area contributed by atoms with Crippen LogP contribution in [0, 0.1) is 0 Å². The third kappa shape index (κ3) is 2.74. The predicted molar refractivity (Wildman–Crippen MR) is 87.0 cm³/mol. The lowest BCUT2D eigenvalue weighted by Crippen LogP contribution is -2.08. The van der Waals surface area contributed by atoms with Crippen LogP contribution in [0.1, 0.15) is 0 Å². The smallest absolute Gasteiger partial charge is 0.140 e. The van der Waals surface area contributed by atoms with E-state index in [4.69, 9.17) is 10.5 Å². The minimum Gasteiger partial charge on any atom is -0.457 e. The fraction of sp³-hybridized carbons (Fsp3) is 0.118. The fourth-order valence-corrected chi connectivity index (χ4v) is 2.18. The summed E-state index contributed by atoms with van der Waals surface area (Å²) < 4.78 is 5.94. The van der Waals surface area contributed by atoms with Crippen molar-refractivity contribution >= 4 is 22.4 Å². The molecule has 0 aliphatic heterocycles. The Morgan fingerprint density at radius 3 is 2.48 bits per heavy atom. The Labute approximate surface area is 123 Å². The number of ether oxygens (including phenoxy) is 1. The van der Waals surface area contributed by atoms with Crippen LogP contribution >= 0.6 is 0 Å².